The first kappa shape index (κ1) is 12.6. The van der Waals surface area contributed by atoms with Crippen LogP contribution < -0.4 is 5.32 Å². The van der Waals surface area contributed by atoms with Gasteiger partial charge in [-0.15, -0.1) is 0 Å². The van der Waals surface area contributed by atoms with Crippen molar-refractivity contribution < 1.29 is 0 Å². The van der Waals surface area contributed by atoms with Crippen LogP contribution in [-0.4, -0.2) is 20.2 Å². The average Bonchev–Trinajstić information content (AvgIpc) is 2.95. The van der Waals surface area contributed by atoms with E-state index in [1.165, 1.54) is 0 Å². The molecule has 0 saturated heterocycles. The molecule has 0 atom stereocenters. The first-order valence-corrected chi connectivity index (χ1v) is 6.50. The number of hydrogen-bond acceptors (Lipinski definition) is 4. The topological polar surface area (TPSA) is 66.5 Å². The molecule has 20 heavy (non-hydrogen) atoms. The van der Waals surface area contributed by atoms with Crippen LogP contribution in [0.1, 0.15) is 5.56 Å². The van der Waals surface area contributed by atoms with E-state index in [4.69, 9.17) is 11.6 Å². The van der Waals surface area contributed by atoms with Crippen LogP contribution in [-0.2, 0) is 6.54 Å². The van der Waals surface area contributed by atoms with Gasteiger partial charge in [-0.1, -0.05) is 17.7 Å². The van der Waals surface area contributed by atoms with Crippen molar-refractivity contribution in [1.82, 2.24) is 20.2 Å². The molecule has 0 bridgehead atoms. The molecule has 3 aromatic heterocycles. The van der Waals surface area contributed by atoms with E-state index < -0.39 is 0 Å². The van der Waals surface area contributed by atoms with E-state index in [9.17, 15) is 0 Å². The molecule has 0 radical (unpaired) electrons. The van der Waals surface area contributed by atoms with Gasteiger partial charge in [-0.3, -0.25) is 10.1 Å². The Hall–Kier alpha value is -2.40. The van der Waals surface area contributed by atoms with Crippen LogP contribution in [0.25, 0.3) is 11.3 Å². The molecule has 0 aliphatic heterocycles. The Morgan fingerprint density at radius 2 is 2.10 bits per heavy atom. The van der Waals surface area contributed by atoms with Crippen molar-refractivity contribution >= 4 is 17.4 Å². The highest BCUT2D eigenvalue weighted by Gasteiger charge is 2.07. The Morgan fingerprint density at radius 3 is 2.90 bits per heavy atom. The summed E-state index contributed by atoms with van der Waals surface area (Å²) in [4.78, 5) is 8.30. The van der Waals surface area contributed by atoms with Gasteiger partial charge in [0.15, 0.2) is 0 Å². The minimum atomic E-state index is 0.467. The molecule has 0 aromatic carbocycles. The fourth-order valence-electron chi connectivity index (χ4n) is 1.90. The second-order valence-electron chi connectivity index (χ2n) is 4.21. The molecule has 0 aliphatic rings. The molecule has 0 saturated carbocycles. The van der Waals surface area contributed by atoms with Crippen molar-refractivity contribution in [3.8, 4) is 11.3 Å². The largest absolute Gasteiger partial charge is 0.366 e. The van der Waals surface area contributed by atoms with E-state index >= 15 is 0 Å². The van der Waals surface area contributed by atoms with Crippen LogP contribution in [0.15, 0.2) is 48.9 Å². The monoisotopic (exact) mass is 285 g/mol. The molecular weight excluding hydrogens is 274 g/mol. The fourth-order valence-corrected chi connectivity index (χ4v) is 2.06. The number of H-pyrrole nitrogens is 1. The van der Waals surface area contributed by atoms with Crippen LogP contribution in [0.5, 0.6) is 0 Å². The van der Waals surface area contributed by atoms with E-state index in [1.54, 1.807) is 24.7 Å². The number of aromatic nitrogens is 4. The summed E-state index contributed by atoms with van der Waals surface area (Å²) < 4.78 is 0. The lowest BCUT2D eigenvalue weighted by Crippen LogP contribution is -2.01. The highest BCUT2D eigenvalue weighted by molar-refractivity contribution is 6.29. The number of nitrogens with one attached hydrogen (secondary N) is 2. The Labute approximate surface area is 121 Å². The molecule has 3 aromatic rings. The van der Waals surface area contributed by atoms with E-state index in [0.29, 0.717) is 11.7 Å². The Morgan fingerprint density at radius 1 is 1.15 bits per heavy atom. The number of nitrogens with zero attached hydrogens (tertiary/aromatic N) is 3. The molecular formula is C14H12ClN5. The summed E-state index contributed by atoms with van der Waals surface area (Å²) in [7, 11) is 0. The molecule has 3 rings (SSSR count). The van der Waals surface area contributed by atoms with Gasteiger partial charge in [-0.2, -0.15) is 5.10 Å². The highest BCUT2D eigenvalue weighted by atomic mass is 35.5. The lowest BCUT2D eigenvalue weighted by molar-refractivity contribution is 1.09. The summed E-state index contributed by atoms with van der Waals surface area (Å²) in [5, 5.41) is 10.8. The van der Waals surface area contributed by atoms with Crippen molar-refractivity contribution in [3.63, 3.8) is 0 Å². The molecule has 3 heterocycles. The van der Waals surface area contributed by atoms with Gasteiger partial charge in [0.25, 0.3) is 0 Å². The second kappa shape index (κ2) is 5.71. The van der Waals surface area contributed by atoms with Crippen molar-refractivity contribution in [3.05, 3.63) is 59.6 Å². The normalized spacial score (nSPS) is 10.4. The summed E-state index contributed by atoms with van der Waals surface area (Å²) >= 11 is 5.85. The number of aromatic amines is 1. The van der Waals surface area contributed by atoms with Gasteiger partial charge in [-0.05, 0) is 24.3 Å². The smallest absolute Gasteiger partial charge is 0.131 e. The van der Waals surface area contributed by atoms with E-state index in [-0.39, 0.29) is 0 Å². The van der Waals surface area contributed by atoms with E-state index in [0.717, 1.165) is 22.6 Å². The summed E-state index contributed by atoms with van der Waals surface area (Å²) in [5.41, 5.74) is 2.99. The number of hydrogen-bond donors (Lipinski definition) is 2. The first-order valence-electron chi connectivity index (χ1n) is 6.12. The maximum absolute atomic E-state index is 5.85. The SMILES string of the molecule is Clc1cccc(NCc2cn[nH]c2-c2cccnc2)n1. The summed E-state index contributed by atoms with van der Waals surface area (Å²) in [6.07, 6.45) is 5.34. The lowest BCUT2D eigenvalue weighted by atomic mass is 10.1. The van der Waals surface area contributed by atoms with Crippen LogP contribution in [0, 0.1) is 0 Å². The van der Waals surface area contributed by atoms with Crippen molar-refractivity contribution in [2.24, 2.45) is 0 Å². The predicted molar refractivity (Wildman–Crippen MR) is 78.4 cm³/mol. The molecule has 2 N–H and O–H groups in total. The zero-order valence-corrected chi connectivity index (χ0v) is 11.3. The van der Waals surface area contributed by atoms with Crippen LogP contribution in [0.2, 0.25) is 5.15 Å². The third kappa shape index (κ3) is 2.78. The zero-order chi connectivity index (χ0) is 13.8. The Bertz CT molecular complexity index is 696. The first-order chi connectivity index (χ1) is 9.83. The minimum Gasteiger partial charge on any atom is -0.366 e. The van der Waals surface area contributed by atoms with Crippen LogP contribution in [0.4, 0.5) is 5.82 Å². The van der Waals surface area contributed by atoms with Gasteiger partial charge >= 0.3 is 0 Å². The molecule has 0 spiro atoms. The molecule has 0 aliphatic carbocycles. The maximum atomic E-state index is 5.85. The summed E-state index contributed by atoms with van der Waals surface area (Å²) in [6.45, 7) is 0.605. The predicted octanol–water partition coefficient (Wildman–Crippen LogP) is 3.13. The Kier molecular flexibility index (Phi) is 3.60. The number of anilines is 1. The molecule has 0 unspecified atom stereocenters. The molecule has 0 fully saturated rings. The lowest BCUT2D eigenvalue weighted by Gasteiger charge is -2.06. The zero-order valence-electron chi connectivity index (χ0n) is 10.5. The van der Waals surface area contributed by atoms with Gasteiger partial charge in [0.05, 0.1) is 11.9 Å². The van der Waals surface area contributed by atoms with Crippen LogP contribution >= 0.6 is 11.6 Å². The third-order valence-electron chi connectivity index (χ3n) is 2.84. The van der Waals surface area contributed by atoms with Gasteiger partial charge in [-0.25, -0.2) is 4.98 Å². The van der Waals surface area contributed by atoms with Gasteiger partial charge < -0.3 is 5.32 Å². The molecule has 6 heteroatoms. The van der Waals surface area contributed by atoms with E-state index in [2.05, 4.69) is 25.5 Å². The quantitative estimate of drug-likeness (QED) is 0.723. The van der Waals surface area contributed by atoms with Gasteiger partial charge in [0.2, 0.25) is 0 Å². The van der Waals surface area contributed by atoms with Gasteiger partial charge in [0.1, 0.15) is 11.0 Å². The average molecular weight is 286 g/mol. The van der Waals surface area contributed by atoms with Crippen molar-refractivity contribution in [2.75, 3.05) is 5.32 Å². The molecule has 5 nitrogen and oxygen atoms in total. The van der Waals surface area contributed by atoms with E-state index in [1.807, 2.05) is 24.3 Å². The second-order valence-corrected chi connectivity index (χ2v) is 4.60. The molecule has 0 amide bonds. The minimum absolute atomic E-state index is 0.467. The summed E-state index contributed by atoms with van der Waals surface area (Å²) in [5.74, 6) is 0.732. The van der Waals surface area contributed by atoms with Crippen molar-refractivity contribution in [1.29, 1.82) is 0 Å². The van der Waals surface area contributed by atoms with Gasteiger partial charge in [0, 0.05) is 30.1 Å². The van der Waals surface area contributed by atoms with Crippen LogP contribution in [0.3, 0.4) is 0 Å². The number of pyridine rings is 2. The fraction of sp³-hybridized carbons (Fsp3) is 0.0714. The number of halogens is 1. The maximum Gasteiger partial charge on any atom is 0.131 e. The summed E-state index contributed by atoms with van der Waals surface area (Å²) in [6, 6.07) is 9.35. The highest BCUT2D eigenvalue weighted by Crippen LogP contribution is 2.20. The number of rotatable bonds is 4. The molecule has 100 valence electrons. The van der Waals surface area contributed by atoms with Crippen molar-refractivity contribution in [2.45, 2.75) is 6.54 Å². The standard InChI is InChI=1S/C14H12ClN5/c15-12-4-1-5-13(19-12)17-8-11-9-18-20-14(11)10-3-2-6-16-7-10/h1-7,9H,8H2,(H,17,19)(H,18,20). The Balaban J connectivity index is 1.78. The third-order valence-corrected chi connectivity index (χ3v) is 3.05.